The zero-order valence-corrected chi connectivity index (χ0v) is 15.2. The monoisotopic (exact) mass is 356 g/mol. The lowest BCUT2D eigenvalue weighted by Gasteiger charge is -2.34. The fourth-order valence-corrected chi connectivity index (χ4v) is 3.53. The number of benzene rings is 1. The van der Waals surface area contributed by atoms with Gasteiger partial charge in [0.15, 0.2) is 5.11 Å². The molecule has 2 amide bonds. The van der Waals surface area contributed by atoms with Crippen LogP contribution in [0.4, 0.5) is 5.69 Å². The molecule has 0 atom stereocenters. The molecule has 4 nitrogen and oxygen atoms in total. The van der Waals surface area contributed by atoms with Crippen molar-refractivity contribution in [2.24, 2.45) is 0 Å². The van der Waals surface area contributed by atoms with E-state index in [2.05, 4.69) is 0 Å². The predicted molar refractivity (Wildman–Crippen MR) is 101 cm³/mol. The third-order valence-electron chi connectivity index (χ3n) is 3.79. The summed E-state index contributed by atoms with van der Waals surface area (Å²) in [7, 11) is 1.59. The summed E-state index contributed by atoms with van der Waals surface area (Å²) in [4.78, 5) is 30.2. The first-order chi connectivity index (χ1) is 11.4. The Morgan fingerprint density at radius 1 is 1.00 bits per heavy atom. The summed E-state index contributed by atoms with van der Waals surface area (Å²) in [6.07, 6.45) is 1.64. The van der Waals surface area contributed by atoms with Gasteiger partial charge in [0.2, 0.25) is 0 Å². The number of carbonyl (C=O) groups is 2. The van der Waals surface area contributed by atoms with Crippen molar-refractivity contribution in [3.8, 4) is 0 Å². The maximum atomic E-state index is 12.9. The van der Waals surface area contributed by atoms with E-state index in [9.17, 15) is 9.59 Å². The number of nitrogens with zero attached hydrogens (tertiary/aromatic N) is 2. The number of thiocarbonyl (C=S) groups is 1. The van der Waals surface area contributed by atoms with E-state index in [-0.39, 0.29) is 16.6 Å². The molecule has 0 unspecified atom stereocenters. The van der Waals surface area contributed by atoms with Gasteiger partial charge in [-0.1, -0.05) is 17.7 Å². The molecule has 1 aromatic heterocycles. The first kappa shape index (κ1) is 16.5. The van der Waals surface area contributed by atoms with Crippen molar-refractivity contribution in [2.45, 2.75) is 13.8 Å². The maximum Gasteiger partial charge on any atom is 0.270 e. The summed E-state index contributed by atoms with van der Waals surface area (Å²) in [6.45, 7) is 3.96. The van der Waals surface area contributed by atoms with Crippen molar-refractivity contribution in [1.82, 2.24) is 4.90 Å². The van der Waals surface area contributed by atoms with Crippen LogP contribution >= 0.6 is 23.6 Å². The lowest BCUT2D eigenvalue weighted by Crippen LogP contribution is -2.54. The van der Waals surface area contributed by atoms with E-state index in [1.807, 2.05) is 50.2 Å². The van der Waals surface area contributed by atoms with Crippen LogP contribution in [0.2, 0.25) is 0 Å². The van der Waals surface area contributed by atoms with Gasteiger partial charge in [-0.05, 0) is 56.4 Å². The third-order valence-corrected chi connectivity index (χ3v) is 5.19. The van der Waals surface area contributed by atoms with Gasteiger partial charge in [-0.25, -0.2) is 0 Å². The molecule has 1 aliphatic heterocycles. The third kappa shape index (κ3) is 2.90. The van der Waals surface area contributed by atoms with Crippen LogP contribution in [0, 0.1) is 13.8 Å². The molecular formula is C18H16N2O2S2. The van der Waals surface area contributed by atoms with Crippen molar-refractivity contribution in [1.29, 1.82) is 0 Å². The van der Waals surface area contributed by atoms with Crippen LogP contribution in [-0.4, -0.2) is 28.9 Å². The Bertz CT molecular complexity index is 865. The van der Waals surface area contributed by atoms with E-state index in [0.29, 0.717) is 5.69 Å². The molecule has 6 heteroatoms. The Hall–Kier alpha value is -2.31. The SMILES string of the molecule is Cc1ccc(N2C(=O)/C(=C/c3ccc(C)s3)C(=O)N(C)C2=S)cc1. The van der Waals surface area contributed by atoms with Crippen LogP contribution < -0.4 is 4.90 Å². The Morgan fingerprint density at radius 2 is 1.67 bits per heavy atom. The second-order valence-corrected chi connectivity index (χ2v) is 7.31. The zero-order chi connectivity index (χ0) is 17.4. The van der Waals surface area contributed by atoms with E-state index in [0.717, 1.165) is 15.3 Å². The highest BCUT2D eigenvalue weighted by Crippen LogP contribution is 2.27. The van der Waals surface area contributed by atoms with E-state index in [1.54, 1.807) is 13.1 Å². The minimum absolute atomic E-state index is 0.119. The smallest absolute Gasteiger partial charge is 0.270 e. The molecule has 1 aromatic carbocycles. The topological polar surface area (TPSA) is 40.6 Å². The van der Waals surface area contributed by atoms with Gasteiger partial charge in [0.25, 0.3) is 11.8 Å². The summed E-state index contributed by atoms with van der Waals surface area (Å²) in [5.41, 5.74) is 1.86. The highest BCUT2D eigenvalue weighted by Gasteiger charge is 2.38. The van der Waals surface area contributed by atoms with Crippen LogP contribution in [-0.2, 0) is 9.59 Å². The largest absolute Gasteiger partial charge is 0.287 e. The average Bonchev–Trinajstić information content (AvgIpc) is 2.97. The molecule has 0 saturated carbocycles. The van der Waals surface area contributed by atoms with Gasteiger partial charge in [-0.15, -0.1) is 11.3 Å². The zero-order valence-electron chi connectivity index (χ0n) is 13.6. The number of anilines is 1. The number of rotatable bonds is 2. The minimum Gasteiger partial charge on any atom is -0.287 e. The van der Waals surface area contributed by atoms with Crippen LogP contribution in [0.1, 0.15) is 15.3 Å². The van der Waals surface area contributed by atoms with Crippen LogP contribution in [0.25, 0.3) is 6.08 Å². The quantitative estimate of drug-likeness (QED) is 0.469. The molecular weight excluding hydrogens is 340 g/mol. The molecule has 1 fully saturated rings. The fraction of sp³-hybridized carbons (Fsp3) is 0.167. The van der Waals surface area contributed by atoms with Gasteiger partial charge in [0.1, 0.15) is 5.57 Å². The van der Waals surface area contributed by atoms with E-state index in [4.69, 9.17) is 12.2 Å². The molecule has 2 heterocycles. The first-order valence-electron chi connectivity index (χ1n) is 7.40. The number of amides is 2. The lowest BCUT2D eigenvalue weighted by atomic mass is 10.1. The van der Waals surface area contributed by atoms with Crippen molar-refractivity contribution in [2.75, 3.05) is 11.9 Å². The number of likely N-dealkylation sites (N-methyl/N-ethyl adjacent to an activating group) is 1. The summed E-state index contributed by atoms with van der Waals surface area (Å²) < 4.78 is 0. The molecule has 122 valence electrons. The number of aryl methyl sites for hydroxylation is 2. The molecule has 2 aromatic rings. The number of carbonyl (C=O) groups excluding carboxylic acids is 2. The molecule has 24 heavy (non-hydrogen) atoms. The lowest BCUT2D eigenvalue weighted by molar-refractivity contribution is -0.127. The molecule has 1 aliphatic rings. The van der Waals surface area contributed by atoms with Gasteiger partial charge in [-0.2, -0.15) is 0 Å². The van der Waals surface area contributed by atoms with Gasteiger partial charge in [-0.3, -0.25) is 19.4 Å². The van der Waals surface area contributed by atoms with Crippen molar-refractivity contribution >= 4 is 52.2 Å². The highest BCUT2D eigenvalue weighted by atomic mass is 32.1. The van der Waals surface area contributed by atoms with E-state index < -0.39 is 5.91 Å². The Labute approximate surface area is 150 Å². The number of thiophene rings is 1. The van der Waals surface area contributed by atoms with Crippen molar-refractivity contribution < 1.29 is 9.59 Å². The minimum atomic E-state index is -0.391. The van der Waals surface area contributed by atoms with E-state index in [1.165, 1.54) is 21.1 Å². The maximum absolute atomic E-state index is 12.9. The normalized spacial score (nSPS) is 17.1. The molecule has 0 N–H and O–H groups in total. The van der Waals surface area contributed by atoms with Gasteiger partial charge >= 0.3 is 0 Å². The molecule has 3 rings (SSSR count). The first-order valence-corrected chi connectivity index (χ1v) is 8.62. The summed E-state index contributed by atoms with van der Waals surface area (Å²) in [6, 6.07) is 11.3. The fourth-order valence-electron chi connectivity index (χ4n) is 2.43. The highest BCUT2D eigenvalue weighted by molar-refractivity contribution is 7.80. The molecule has 0 spiro atoms. The van der Waals surface area contributed by atoms with Crippen molar-refractivity contribution in [3.05, 3.63) is 57.3 Å². The Balaban J connectivity index is 2.06. The Kier molecular flexibility index (Phi) is 4.34. The second kappa shape index (κ2) is 6.30. The predicted octanol–water partition coefficient (Wildman–Crippen LogP) is 3.54. The van der Waals surface area contributed by atoms with Gasteiger partial charge in [0.05, 0.1) is 5.69 Å². The van der Waals surface area contributed by atoms with Gasteiger partial charge < -0.3 is 0 Å². The average molecular weight is 356 g/mol. The number of hydrogen-bond acceptors (Lipinski definition) is 4. The van der Waals surface area contributed by atoms with E-state index >= 15 is 0 Å². The molecule has 0 bridgehead atoms. The van der Waals surface area contributed by atoms with Gasteiger partial charge in [0, 0.05) is 16.8 Å². The van der Waals surface area contributed by atoms with Crippen molar-refractivity contribution in [3.63, 3.8) is 0 Å². The summed E-state index contributed by atoms with van der Waals surface area (Å²) >= 11 is 6.86. The van der Waals surface area contributed by atoms with Crippen LogP contribution in [0.5, 0.6) is 0 Å². The van der Waals surface area contributed by atoms with Crippen LogP contribution in [0.3, 0.4) is 0 Å². The second-order valence-electron chi connectivity index (χ2n) is 5.63. The molecule has 0 radical (unpaired) electrons. The Morgan fingerprint density at radius 3 is 2.25 bits per heavy atom. The standard InChI is InChI=1S/C18H16N2O2S2/c1-11-4-7-13(8-5-11)20-17(22)15(16(21)19(3)18(20)23)10-14-9-6-12(2)24-14/h4-10H,1-3H3/b15-10+. The summed E-state index contributed by atoms with van der Waals surface area (Å²) in [5, 5.41) is 0.188. The number of hydrogen-bond donors (Lipinski definition) is 0. The molecule has 0 aliphatic carbocycles. The molecule has 1 saturated heterocycles. The van der Waals surface area contributed by atoms with Crippen LogP contribution in [0.15, 0.2) is 42.0 Å². The summed E-state index contributed by atoms with van der Waals surface area (Å²) in [5.74, 6) is -0.766.